The van der Waals surface area contributed by atoms with E-state index in [1.807, 2.05) is 0 Å². The third-order valence-corrected chi connectivity index (χ3v) is 3.19. The zero-order chi connectivity index (χ0) is 15.1. The molecule has 0 aliphatic heterocycles. The molecule has 0 radical (unpaired) electrons. The molecule has 0 aliphatic carbocycles. The number of aromatic nitrogens is 2. The molecule has 0 fully saturated rings. The summed E-state index contributed by atoms with van der Waals surface area (Å²) in [5.74, 6) is -1.78. The fraction of sp³-hybridized carbons (Fsp3) is 0.364. The minimum absolute atomic E-state index is 0.114. The molecule has 20 heavy (non-hydrogen) atoms. The van der Waals surface area contributed by atoms with Crippen molar-refractivity contribution in [3.63, 3.8) is 0 Å². The molecule has 0 spiro atoms. The van der Waals surface area contributed by atoms with E-state index in [0.29, 0.717) is 5.03 Å². The molecule has 0 saturated heterocycles. The lowest BCUT2D eigenvalue weighted by atomic mass is 10.3. The number of carbonyl (C=O) groups is 3. The highest BCUT2D eigenvalue weighted by Gasteiger charge is 2.19. The van der Waals surface area contributed by atoms with E-state index in [4.69, 9.17) is 5.11 Å². The van der Waals surface area contributed by atoms with Crippen LogP contribution in [0.3, 0.4) is 0 Å². The Morgan fingerprint density at radius 1 is 1.35 bits per heavy atom. The monoisotopic (exact) mass is 298 g/mol. The average molecular weight is 298 g/mol. The van der Waals surface area contributed by atoms with Gasteiger partial charge in [-0.2, -0.15) is 0 Å². The van der Waals surface area contributed by atoms with Gasteiger partial charge >= 0.3 is 5.97 Å². The second kappa shape index (κ2) is 7.43. The molecule has 1 unspecified atom stereocenters. The van der Waals surface area contributed by atoms with Crippen molar-refractivity contribution in [2.45, 2.75) is 18.0 Å². The van der Waals surface area contributed by atoms with Crippen molar-refractivity contribution in [1.29, 1.82) is 0 Å². The molecule has 9 heteroatoms. The van der Waals surface area contributed by atoms with Gasteiger partial charge in [0, 0.05) is 19.7 Å². The molecule has 1 aromatic rings. The van der Waals surface area contributed by atoms with Gasteiger partial charge in [0.25, 0.3) is 5.91 Å². The standard InChI is InChI=1S/C11H14N4O4S/c1-6(16)13-8(11(18)19)5-20-9-4-3-7(14-15-9)10(17)12-2/h3-4,8H,5H2,1-2H3,(H,12,17)(H,13,16)(H,18,19). The Hall–Kier alpha value is -2.16. The third kappa shape index (κ3) is 4.84. The Balaban J connectivity index is 2.62. The number of rotatable bonds is 6. The number of carboxylic acids is 1. The number of nitrogens with one attached hydrogen (secondary N) is 2. The van der Waals surface area contributed by atoms with Crippen LogP contribution >= 0.6 is 11.8 Å². The first kappa shape index (κ1) is 15.9. The summed E-state index contributed by atoms with van der Waals surface area (Å²) in [6, 6.07) is 2.05. The van der Waals surface area contributed by atoms with Gasteiger partial charge in [-0.3, -0.25) is 9.59 Å². The van der Waals surface area contributed by atoms with Gasteiger partial charge in [0.15, 0.2) is 5.69 Å². The summed E-state index contributed by atoms with van der Waals surface area (Å²) in [4.78, 5) is 33.0. The zero-order valence-corrected chi connectivity index (χ0v) is 11.7. The Labute approximate surface area is 119 Å². The van der Waals surface area contributed by atoms with Gasteiger partial charge in [0.1, 0.15) is 11.1 Å². The molecule has 1 atom stereocenters. The number of hydrogen-bond donors (Lipinski definition) is 3. The van der Waals surface area contributed by atoms with Gasteiger partial charge in [-0.15, -0.1) is 22.0 Å². The molecule has 108 valence electrons. The Morgan fingerprint density at radius 3 is 2.50 bits per heavy atom. The number of aliphatic carboxylic acids is 1. The Morgan fingerprint density at radius 2 is 2.05 bits per heavy atom. The van der Waals surface area contributed by atoms with E-state index in [2.05, 4.69) is 20.8 Å². The van der Waals surface area contributed by atoms with Crippen LogP contribution in [0.15, 0.2) is 17.2 Å². The van der Waals surface area contributed by atoms with Crippen molar-refractivity contribution < 1.29 is 19.5 Å². The van der Waals surface area contributed by atoms with Crippen LogP contribution in [0.4, 0.5) is 0 Å². The SMILES string of the molecule is CNC(=O)c1ccc(SCC(NC(C)=O)C(=O)O)nn1. The maximum Gasteiger partial charge on any atom is 0.327 e. The summed E-state index contributed by atoms with van der Waals surface area (Å²) >= 11 is 1.13. The van der Waals surface area contributed by atoms with Crippen LogP contribution < -0.4 is 10.6 Å². The minimum Gasteiger partial charge on any atom is -0.480 e. The maximum absolute atomic E-state index is 11.3. The number of nitrogens with zero attached hydrogens (tertiary/aromatic N) is 2. The lowest BCUT2D eigenvalue weighted by molar-refractivity contribution is -0.140. The highest BCUT2D eigenvalue weighted by atomic mass is 32.2. The number of amides is 2. The molecule has 0 bridgehead atoms. The molecular weight excluding hydrogens is 284 g/mol. The van der Waals surface area contributed by atoms with Crippen LogP contribution in [0.2, 0.25) is 0 Å². The van der Waals surface area contributed by atoms with E-state index in [1.165, 1.54) is 20.0 Å². The zero-order valence-electron chi connectivity index (χ0n) is 10.9. The molecule has 1 heterocycles. The van der Waals surface area contributed by atoms with E-state index in [-0.39, 0.29) is 17.4 Å². The molecule has 1 aromatic heterocycles. The molecule has 2 amide bonds. The van der Waals surface area contributed by atoms with Crippen LogP contribution in [0.1, 0.15) is 17.4 Å². The first-order valence-corrected chi connectivity index (χ1v) is 6.61. The summed E-state index contributed by atoms with van der Waals surface area (Å²) in [6.07, 6.45) is 0. The van der Waals surface area contributed by atoms with Gasteiger partial charge < -0.3 is 15.7 Å². The van der Waals surface area contributed by atoms with Gasteiger partial charge in [0.2, 0.25) is 5.91 Å². The fourth-order valence-corrected chi connectivity index (χ4v) is 2.06. The normalized spacial score (nSPS) is 11.5. The fourth-order valence-electron chi connectivity index (χ4n) is 1.23. The second-order valence-electron chi connectivity index (χ2n) is 3.74. The summed E-state index contributed by atoms with van der Waals surface area (Å²) < 4.78 is 0. The van der Waals surface area contributed by atoms with E-state index in [9.17, 15) is 14.4 Å². The largest absolute Gasteiger partial charge is 0.480 e. The van der Waals surface area contributed by atoms with E-state index < -0.39 is 17.9 Å². The van der Waals surface area contributed by atoms with Crippen molar-refractivity contribution in [1.82, 2.24) is 20.8 Å². The van der Waals surface area contributed by atoms with Crippen LogP contribution in [0.5, 0.6) is 0 Å². The van der Waals surface area contributed by atoms with Gasteiger partial charge in [-0.05, 0) is 12.1 Å². The number of carbonyl (C=O) groups excluding carboxylic acids is 2. The molecule has 3 N–H and O–H groups in total. The van der Waals surface area contributed by atoms with E-state index in [0.717, 1.165) is 11.8 Å². The van der Waals surface area contributed by atoms with E-state index >= 15 is 0 Å². The summed E-state index contributed by atoms with van der Waals surface area (Å²) in [6.45, 7) is 1.25. The summed E-state index contributed by atoms with van der Waals surface area (Å²) in [5.41, 5.74) is 0.175. The van der Waals surface area contributed by atoms with Gasteiger partial charge in [0.05, 0.1) is 0 Å². The maximum atomic E-state index is 11.3. The third-order valence-electron chi connectivity index (χ3n) is 2.17. The summed E-state index contributed by atoms with van der Waals surface area (Å²) in [7, 11) is 1.48. The molecule has 1 rings (SSSR count). The van der Waals surface area contributed by atoms with Crippen LogP contribution in [-0.2, 0) is 9.59 Å². The van der Waals surface area contributed by atoms with Crippen LogP contribution in [-0.4, -0.2) is 51.9 Å². The smallest absolute Gasteiger partial charge is 0.327 e. The predicted octanol–water partition coefficient (Wildman–Crippen LogP) is -0.482. The first-order chi connectivity index (χ1) is 9.43. The molecule has 8 nitrogen and oxygen atoms in total. The molecule has 0 aromatic carbocycles. The highest BCUT2D eigenvalue weighted by Crippen LogP contribution is 2.15. The number of hydrogen-bond acceptors (Lipinski definition) is 6. The Bertz CT molecular complexity index is 506. The lowest BCUT2D eigenvalue weighted by Gasteiger charge is -2.12. The predicted molar refractivity (Wildman–Crippen MR) is 71.4 cm³/mol. The quantitative estimate of drug-likeness (QED) is 0.606. The van der Waals surface area contributed by atoms with Gasteiger partial charge in [-0.1, -0.05) is 0 Å². The number of carboxylic acid groups (broad SMARTS) is 1. The van der Waals surface area contributed by atoms with Crippen molar-refractivity contribution in [3.8, 4) is 0 Å². The molecular formula is C11H14N4O4S. The highest BCUT2D eigenvalue weighted by molar-refractivity contribution is 7.99. The van der Waals surface area contributed by atoms with Crippen molar-refractivity contribution in [2.24, 2.45) is 0 Å². The average Bonchev–Trinajstić information content (AvgIpc) is 2.42. The number of thioether (sulfide) groups is 1. The summed E-state index contributed by atoms with van der Waals surface area (Å²) in [5, 5.41) is 21.6. The van der Waals surface area contributed by atoms with E-state index in [1.54, 1.807) is 6.07 Å². The van der Waals surface area contributed by atoms with Gasteiger partial charge in [-0.25, -0.2) is 4.79 Å². The van der Waals surface area contributed by atoms with Crippen LogP contribution in [0.25, 0.3) is 0 Å². The van der Waals surface area contributed by atoms with Crippen LogP contribution in [0, 0.1) is 0 Å². The topological polar surface area (TPSA) is 121 Å². The second-order valence-corrected chi connectivity index (χ2v) is 4.78. The van der Waals surface area contributed by atoms with Crippen molar-refractivity contribution in [2.75, 3.05) is 12.8 Å². The molecule has 0 saturated carbocycles. The van der Waals surface area contributed by atoms with Crippen molar-refractivity contribution in [3.05, 3.63) is 17.8 Å². The molecule has 0 aliphatic rings. The first-order valence-electron chi connectivity index (χ1n) is 5.62. The van der Waals surface area contributed by atoms with Crippen molar-refractivity contribution >= 4 is 29.5 Å². The minimum atomic E-state index is -1.12. The lowest BCUT2D eigenvalue weighted by Crippen LogP contribution is -2.41. The Kier molecular flexibility index (Phi) is 5.91.